The Hall–Kier alpha value is -0.800. The van der Waals surface area contributed by atoms with Gasteiger partial charge in [-0.3, -0.25) is 0 Å². The second-order valence-electron chi connectivity index (χ2n) is 4.35. The molecule has 0 fully saturated rings. The van der Waals surface area contributed by atoms with E-state index in [2.05, 4.69) is 30.7 Å². The van der Waals surface area contributed by atoms with Crippen LogP contribution in [-0.4, -0.2) is 23.2 Å². The zero-order valence-electron chi connectivity index (χ0n) is 10.2. The van der Waals surface area contributed by atoms with E-state index in [0.717, 1.165) is 5.82 Å². The first-order chi connectivity index (χ1) is 7.47. The maximum Gasteiger partial charge on any atom is 0.129 e. The Morgan fingerprint density at radius 2 is 2.00 bits per heavy atom. The lowest BCUT2D eigenvalue weighted by Crippen LogP contribution is -2.33. The van der Waals surface area contributed by atoms with E-state index in [1.54, 1.807) is 6.07 Å². The molecule has 1 heterocycles. The second-order valence-corrected chi connectivity index (χ2v) is 4.76. The Kier molecular flexibility index (Phi) is 4.56. The largest absolute Gasteiger partial charge is 0.390 e. The van der Waals surface area contributed by atoms with Crippen molar-refractivity contribution in [3.05, 3.63) is 22.8 Å². The van der Waals surface area contributed by atoms with E-state index in [0.29, 0.717) is 22.7 Å². The van der Waals surface area contributed by atoms with Crippen molar-refractivity contribution in [2.45, 2.75) is 33.4 Å². The predicted octanol–water partition coefficient (Wildman–Crippen LogP) is 2.71. The molecule has 4 heteroatoms. The zero-order chi connectivity index (χ0) is 12.3. The topological polar surface area (TPSA) is 36.4 Å². The number of aromatic nitrogens is 1. The summed E-state index contributed by atoms with van der Waals surface area (Å²) in [5.41, 5.74) is 0.530. The van der Waals surface area contributed by atoms with Gasteiger partial charge in [0, 0.05) is 13.1 Å². The summed E-state index contributed by atoms with van der Waals surface area (Å²) >= 11 is 5.90. The summed E-state index contributed by atoms with van der Waals surface area (Å²) in [4.78, 5) is 6.44. The van der Waals surface area contributed by atoms with Gasteiger partial charge in [0.25, 0.3) is 0 Å². The standard InChI is InChI=1S/C12H19ClN2O/c1-8(2)9(3)15(4)12-6-5-10(13)11(7-16)14-12/h5-6,8-9,16H,7H2,1-4H3. The fraction of sp³-hybridized carbons (Fsp3) is 0.583. The number of rotatable bonds is 4. The third-order valence-electron chi connectivity index (χ3n) is 2.99. The minimum atomic E-state index is -0.128. The molecule has 90 valence electrons. The molecule has 1 aromatic rings. The van der Waals surface area contributed by atoms with Crippen LogP contribution in [0.15, 0.2) is 12.1 Å². The number of nitrogens with zero attached hydrogens (tertiary/aromatic N) is 2. The average molecular weight is 243 g/mol. The van der Waals surface area contributed by atoms with Crippen molar-refractivity contribution in [2.75, 3.05) is 11.9 Å². The highest BCUT2D eigenvalue weighted by molar-refractivity contribution is 6.31. The minimum Gasteiger partial charge on any atom is -0.390 e. The molecule has 1 atom stereocenters. The Labute approximate surface area is 102 Å². The maximum absolute atomic E-state index is 9.11. The molecule has 0 aromatic carbocycles. The molecule has 16 heavy (non-hydrogen) atoms. The summed E-state index contributed by atoms with van der Waals surface area (Å²) in [6.45, 7) is 6.37. The molecule has 0 amide bonds. The first-order valence-electron chi connectivity index (χ1n) is 5.46. The van der Waals surface area contributed by atoms with Crippen molar-refractivity contribution in [1.82, 2.24) is 4.98 Å². The lowest BCUT2D eigenvalue weighted by Gasteiger charge is -2.29. The second kappa shape index (κ2) is 5.51. The van der Waals surface area contributed by atoms with Crippen LogP contribution in [0.4, 0.5) is 5.82 Å². The van der Waals surface area contributed by atoms with E-state index in [1.165, 1.54) is 0 Å². The Morgan fingerprint density at radius 1 is 1.38 bits per heavy atom. The molecule has 1 unspecified atom stereocenters. The number of aliphatic hydroxyl groups is 1. The number of aliphatic hydroxyl groups excluding tert-OH is 1. The highest BCUT2D eigenvalue weighted by atomic mass is 35.5. The van der Waals surface area contributed by atoms with Crippen LogP contribution in [0.1, 0.15) is 26.5 Å². The molecule has 0 bridgehead atoms. The maximum atomic E-state index is 9.11. The molecule has 1 rings (SSSR count). The van der Waals surface area contributed by atoms with Crippen molar-refractivity contribution in [3.8, 4) is 0 Å². The molecule has 1 N–H and O–H groups in total. The summed E-state index contributed by atoms with van der Waals surface area (Å²) in [6, 6.07) is 4.04. The van der Waals surface area contributed by atoms with Gasteiger partial charge in [0.2, 0.25) is 0 Å². The SMILES string of the molecule is CC(C)C(C)N(C)c1ccc(Cl)c(CO)n1. The third-order valence-corrected chi connectivity index (χ3v) is 3.33. The summed E-state index contributed by atoms with van der Waals surface area (Å²) in [6.07, 6.45) is 0. The number of halogens is 1. The van der Waals surface area contributed by atoms with E-state index >= 15 is 0 Å². The first-order valence-corrected chi connectivity index (χ1v) is 5.84. The zero-order valence-corrected chi connectivity index (χ0v) is 11.0. The van der Waals surface area contributed by atoms with Gasteiger partial charge in [0.05, 0.1) is 17.3 Å². The van der Waals surface area contributed by atoms with E-state index in [4.69, 9.17) is 16.7 Å². The summed E-state index contributed by atoms with van der Waals surface area (Å²) in [7, 11) is 2.00. The molecule has 0 radical (unpaired) electrons. The van der Waals surface area contributed by atoms with Crippen molar-refractivity contribution in [1.29, 1.82) is 0 Å². The summed E-state index contributed by atoms with van der Waals surface area (Å²) in [5.74, 6) is 1.38. The minimum absolute atomic E-state index is 0.128. The highest BCUT2D eigenvalue weighted by Gasteiger charge is 2.15. The third kappa shape index (κ3) is 2.86. The molecule has 1 aromatic heterocycles. The molecule has 0 spiro atoms. The molecular weight excluding hydrogens is 224 g/mol. The molecule has 0 saturated heterocycles. The summed E-state index contributed by atoms with van der Waals surface area (Å²) < 4.78 is 0. The number of pyridine rings is 1. The van der Waals surface area contributed by atoms with Crippen LogP contribution in [0.5, 0.6) is 0 Å². The predicted molar refractivity (Wildman–Crippen MR) is 67.9 cm³/mol. The van der Waals surface area contributed by atoms with Crippen LogP contribution in [0, 0.1) is 5.92 Å². The van der Waals surface area contributed by atoms with E-state index in [-0.39, 0.29) is 6.61 Å². The van der Waals surface area contributed by atoms with Gasteiger partial charge < -0.3 is 10.0 Å². The van der Waals surface area contributed by atoms with Gasteiger partial charge in [-0.1, -0.05) is 25.4 Å². The molecule has 3 nitrogen and oxygen atoms in total. The Bertz CT molecular complexity index is 355. The molecule has 0 aliphatic rings. The first kappa shape index (κ1) is 13.3. The van der Waals surface area contributed by atoms with E-state index in [1.807, 2.05) is 13.1 Å². The normalized spacial score (nSPS) is 12.9. The number of hydrogen-bond acceptors (Lipinski definition) is 3. The molecule has 0 aliphatic carbocycles. The number of hydrogen-bond donors (Lipinski definition) is 1. The van der Waals surface area contributed by atoms with Crippen LogP contribution >= 0.6 is 11.6 Å². The van der Waals surface area contributed by atoms with Crippen LogP contribution in [0.2, 0.25) is 5.02 Å². The van der Waals surface area contributed by atoms with Crippen LogP contribution < -0.4 is 4.90 Å². The quantitative estimate of drug-likeness (QED) is 0.882. The van der Waals surface area contributed by atoms with Crippen molar-refractivity contribution < 1.29 is 5.11 Å². The van der Waals surface area contributed by atoms with Crippen LogP contribution in [0.25, 0.3) is 0 Å². The Balaban J connectivity index is 2.96. The fourth-order valence-electron chi connectivity index (χ4n) is 1.44. The average Bonchev–Trinajstić information content (AvgIpc) is 2.27. The van der Waals surface area contributed by atoms with E-state index < -0.39 is 0 Å². The van der Waals surface area contributed by atoms with Crippen molar-refractivity contribution in [3.63, 3.8) is 0 Å². The smallest absolute Gasteiger partial charge is 0.129 e. The monoisotopic (exact) mass is 242 g/mol. The van der Waals surface area contributed by atoms with E-state index in [9.17, 15) is 0 Å². The fourth-order valence-corrected chi connectivity index (χ4v) is 1.60. The van der Waals surface area contributed by atoms with Gasteiger partial charge in [0.1, 0.15) is 5.82 Å². The lowest BCUT2D eigenvalue weighted by molar-refractivity contribution is 0.277. The molecule has 0 aliphatic heterocycles. The van der Waals surface area contributed by atoms with Crippen LogP contribution in [-0.2, 0) is 6.61 Å². The van der Waals surface area contributed by atoms with Gasteiger partial charge in [-0.2, -0.15) is 0 Å². The van der Waals surface area contributed by atoms with Gasteiger partial charge in [-0.25, -0.2) is 4.98 Å². The van der Waals surface area contributed by atoms with Gasteiger partial charge in [-0.05, 0) is 25.0 Å². The van der Waals surface area contributed by atoms with Gasteiger partial charge in [0.15, 0.2) is 0 Å². The van der Waals surface area contributed by atoms with Crippen molar-refractivity contribution >= 4 is 17.4 Å². The number of anilines is 1. The van der Waals surface area contributed by atoms with Gasteiger partial charge in [-0.15, -0.1) is 0 Å². The molecule has 0 saturated carbocycles. The molecular formula is C12H19ClN2O. The van der Waals surface area contributed by atoms with Crippen LogP contribution in [0.3, 0.4) is 0 Å². The van der Waals surface area contributed by atoms with Gasteiger partial charge >= 0.3 is 0 Å². The van der Waals surface area contributed by atoms with Crippen molar-refractivity contribution in [2.24, 2.45) is 5.92 Å². The summed E-state index contributed by atoms with van der Waals surface area (Å²) in [5, 5.41) is 9.62. The highest BCUT2D eigenvalue weighted by Crippen LogP contribution is 2.21. The lowest BCUT2D eigenvalue weighted by atomic mass is 10.1. The Morgan fingerprint density at radius 3 is 2.50 bits per heavy atom.